The number of hydrogen-bond donors (Lipinski definition) is 2. The monoisotopic (exact) mass is 273 g/mol. The molecule has 0 unspecified atom stereocenters. The molecule has 1 aromatic heterocycles. The molecule has 18 heavy (non-hydrogen) atoms. The molecule has 1 aliphatic heterocycles. The summed E-state index contributed by atoms with van der Waals surface area (Å²) in [7, 11) is 1.61. The van der Waals surface area contributed by atoms with Crippen molar-refractivity contribution in [3.05, 3.63) is 0 Å². The normalized spacial score (nSPS) is 17.1. The zero-order chi connectivity index (χ0) is 13.0. The fraction of sp³-hybridized carbons (Fsp3) is 0.727. The summed E-state index contributed by atoms with van der Waals surface area (Å²) < 4.78 is 14.9. The summed E-state index contributed by atoms with van der Waals surface area (Å²) in [4.78, 5) is 2.23. The maximum absolute atomic E-state index is 8.73. The van der Waals surface area contributed by atoms with Crippen molar-refractivity contribution in [1.82, 2.24) is 4.37 Å². The van der Waals surface area contributed by atoms with Gasteiger partial charge in [0.2, 0.25) is 0 Å². The lowest BCUT2D eigenvalue weighted by Crippen LogP contribution is -2.37. The van der Waals surface area contributed by atoms with Gasteiger partial charge in [0.1, 0.15) is 0 Å². The summed E-state index contributed by atoms with van der Waals surface area (Å²) >= 11 is 1.37. The molecular weight excluding hydrogens is 254 g/mol. The fourth-order valence-corrected chi connectivity index (χ4v) is 2.96. The zero-order valence-corrected chi connectivity index (χ0v) is 11.3. The Hall–Kier alpha value is -1.05. The molecule has 0 aromatic carbocycles. The predicted octanol–water partition coefficient (Wildman–Crippen LogP) is 0.712. The first-order chi connectivity index (χ1) is 8.76. The van der Waals surface area contributed by atoms with Gasteiger partial charge in [-0.05, 0) is 24.4 Å². The molecule has 3 N–H and O–H groups in total. The topological polar surface area (TPSA) is 80.8 Å². The average molecular weight is 273 g/mol. The van der Waals surface area contributed by atoms with E-state index in [9.17, 15) is 0 Å². The second-order valence-corrected chi connectivity index (χ2v) is 4.94. The number of nitrogens with two attached hydrogens (primary N) is 1. The lowest BCUT2D eigenvalue weighted by molar-refractivity contribution is 0.0159. The minimum absolute atomic E-state index is 0.0828. The molecule has 0 saturated carbocycles. The third-order valence-corrected chi connectivity index (χ3v) is 3.94. The van der Waals surface area contributed by atoms with E-state index in [-0.39, 0.29) is 12.7 Å². The van der Waals surface area contributed by atoms with Crippen molar-refractivity contribution in [2.45, 2.75) is 18.9 Å². The smallest absolute Gasteiger partial charge is 0.197 e. The number of nitrogens with zero attached hydrogens (tertiary/aromatic N) is 2. The number of ether oxygens (including phenoxy) is 2. The molecular formula is C11H19N3O3S. The largest absolute Gasteiger partial charge is 0.490 e. The van der Waals surface area contributed by atoms with Crippen molar-refractivity contribution in [2.75, 3.05) is 44.0 Å². The van der Waals surface area contributed by atoms with E-state index in [1.807, 2.05) is 0 Å². The number of rotatable bonds is 5. The van der Waals surface area contributed by atoms with Crippen LogP contribution in [-0.2, 0) is 4.74 Å². The number of anilines is 2. The van der Waals surface area contributed by atoms with Gasteiger partial charge in [-0.15, -0.1) is 0 Å². The lowest BCUT2D eigenvalue weighted by Gasteiger charge is -2.32. The molecule has 2 rings (SSSR count). The van der Waals surface area contributed by atoms with Crippen LogP contribution in [0.5, 0.6) is 5.75 Å². The second-order valence-electron chi connectivity index (χ2n) is 4.19. The number of aliphatic hydroxyl groups excluding tert-OH is 1. The van der Waals surface area contributed by atoms with Crippen LogP contribution >= 0.6 is 11.5 Å². The van der Waals surface area contributed by atoms with Crippen LogP contribution in [0, 0.1) is 0 Å². The molecule has 1 aliphatic rings. The number of aromatic nitrogens is 1. The maximum Gasteiger partial charge on any atom is 0.197 e. The lowest BCUT2D eigenvalue weighted by atomic mass is 10.1. The summed E-state index contributed by atoms with van der Waals surface area (Å²) in [6, 6.07) is 0. The molecule has 1 aromatic rings. The van der Waals surface area contributed by atoms with Gasteiger partial charge in [0.25, 0.3) is 0 Å². The Labute approximate surface area is 110 Å². The van der Waals surface area contributed by atoms with E-state index in [1.165, 1.54) is 11.5 Å². The van der Waals surface area contributed by atoms with E-state index in [0.29, 0.717) is 18.2 Å². The molecule has 0 bridgehead atoms. The second kappa shape index (κ2) is 6.21. The molecule has 0 radical (unpaired) electrons. The number of nitrogen functional groups attached to an aromatic ring is 1. The van der Waals surface area contributed by atoms with Crippen LogP contribution in [0.2, 0.25) is 0 Å². The van der Waals surface area contributed by atoms with Gasteiger partial charge in [0, 0.05) is 13.1 Å². The molecule has 0 amide bonds. The van der Waals surface area contributed by atoms with Crippen molar-refractivity contribution in [2.24, 2.45) is 0 Å². The third-order valence-electron chi connectivity index (χ3n) is 3.04. The quantitative estimate of drug-likeness (QED) is 0.822. The van der Waals surface area contributed by atoms with Gasteiger partial charge >= 0.3 is 0 Å². The number of methoxy groups -OCH3 is 1. The predicted molar refractivity (Wildman–Crippen MR) is 71.4 cm³/mol. The van der Waals surface area contributed by atoms with Crippen molar-refractivity contribution in [1.29, 1.82) is 0 Å². The summed E-state index contributed by atoms with van der Waals surface area (Å²) in [6.45, 7) is 2.29. The van der Waals surface area contributed by atoms with Crippen molar-refractivity contribution >= 4 is 22.4 Å². The van der Waals surface area contributed by atoms with E-state index >= 15 is 0 Å². The fourth-order valence-electron chi connectivity index (χ4n) is 2.12. The summed E-state index contributed by atoms with van der Waals surface area (Å²) in [5, 5.41) is 9.72. The molecule has 6 nitrogen and oxygen atoms in total. The van der Waals surface area contributed by atoms with Crippen molar-refractivity contribution < 1.29 is 14.6 Å². The molecule has 1 fully saturated rings. The van der Waals surface area contributed by atoms with E-state index in [4.69, 9.17) is 20.3 Å². The number of hydrogen-bond acceptors (Lipinski definition) is 7. The molecule has 0 aliphatic carbocycles. The Bertz CT molecular complexity index is 378. The van der Waals surface area contributed by atoms with Crippen LogP contribution in [0.4, 0.5) is 10.8 Å². The van der Waals surface area contributed by atoms with Gasteiger partial charge in [0.15, 0.2) is 16.6 Å². The molecule has 0 atom stereocenters. The van der Waals surface area contributed by atoms with Gasteiger partial charge in [-0.3, -0.25) is 0 Å². The van der Waals surface area contributed by atoms with Crippen molar-refractivity contribution in [3.8, 4) is 5.75 Å². The Morgan fingerprint density at radius 2 is 2.22 bits per heavy atom. The highest BCUT2D eigenvalue weighted by atomic mass is 32.1. The first kappa shape index (κ1) is 13.4. The molecule has 1 saturated heterocycles. The maximum atomic E-state index is 8.73. The number of aliphatic hydroxyl groups is 1. The molecule has 102 valence electrons. The Balaban J connectivity index is 1.92. The molecule has 0 spiro atoms. The van der Waals surface area contributed by atoms with Crippen molar-refractivity contribution in [3.63, 3.8) is 0 Å². The van der Waals surface area contributed by atoms with Gasteiger partial charge in [0.05, 0.1) is 26.4 Å². The van der Waals surface area contributed by atoms with E-state index in [2.05, 4.69) is 9.27 Å². The minimum Gasteiger partial charge on any atom is -0.490 e. The SMILES string of the molecule is COc1c(N)nsc1N1CCC(OCCO)CC1. The van der Waals surface area contributed by atoms with Gasteiger partial charge < -0.3 is 25.2 Å². The molecule has 2 heterocycles. The van der Waals surface area contributed by atoms with E-state index in [0.717, 1.165) is 30.9 Å². The first-order valence-electron chi connectivity index (χ1n) is 6.02. The summed E-state index contributed by atoms with van der Waals surface area (Å²) in [5.74, 6) is 1.13. The zero-order valence-electron chi connectivity index (χ0n) is 10.5. The summed E-state index contributed by atoms with van der Waals surface area (Å²) in [5.41, 5.74) is 5.75. The van der Waals surface area contributed by atoms with Crippen LogP contribution in [0.25, 0.3) is 0 Å². The highest BCUT2D eigenvalue weighted by molar-refractivity contribution is 7.11. The van der Waals surface area contributed by atoms with Gasteiger partial charge in [-0.25, -0.2) is 0 Å². The Morgan fingerprint density at radius 1 is 1.50 bits per heavy atom. The van der Waals surface area contributed by atoms with E-state index in [1.54, 1.807) is 7.11 Å². The highest BCUT2D eigenvalue weighted by Gasteiger charge is 2.24. The average Bonchev–Trinajstić information content (AvgIpc) is 2.78. The van der Waals surface area contributed by atoms with Crippen LogP contribution < -0.4 is 15.4 Å². The Morgan fingerprint density at radius 3 is 2.83 bits per heavy atom. The van der Waals surface area contributed by atoms with Crippen LogP contribution in [0.3, 0.4) is 0 Å². The minimum atomic E-state index is 0.0828. The van der Waals surface area contributed by atoms with E-state index < -0.39 is 0 Å². The molecule has 7 heteroatoms. The van der Waals surface area contributed by atoms with Crippen LogP contribution in [0.1, 0.15) is 12.8 Å². The third kappa shape index (κ3) is 2.85. The summed E-state index contributed by atoms with van der Waals surface area (Å²) in [6.07, 6.45) is 2.13. The number of piperidine rings is 1. The highest BCUT2D eigenvalue weighted by Crippen LogP contribution is 2.39. The van der Waals surface area contributed by atoms with Gasteiger partial charge in [-0.2, -0.15) is 4.37 Å². The Kier molecular flexibility index (Phi) is 4.62. The van der Waals surface area contributed by atoms with Crippen LogP contribution in [0.15, 0.2) is 0 Å². The first-order valence-corrected chi connectivity index (χ1v) is 6.80. The van der Waals surface area contributed by atoms with Crippen LogP contribution in [-0.4, -0.2) is 49.0 Å². The standard InChI is InChI=1S/C11H19N3O3S/c1-16-9-10(12)13-18-11(9)14-4-2-8(3-5-14)17-7-6-15/h8,15H,2-7H2,1H3,(H2,12,13). The van der Waals surface area contributed by atoms with Gasteiger partial charge in [-0.1, -0.05) is 0 Å².